The monoisotopic (exact) mass is 313 g/mol. The smallest absolute Gasteiger partial charge is 0.340 e. The zero-order valence-electron chi connectivity index (χ0n) is 11.1. The molecule has 2 aromatic rings. The number of rotatable bonds is 3. The molecule has 0 saturated carbocycles. The molecule has 1 N–H and O–H groups in total. The lowest BCUT2D eigenvalue weighted by Gasteiger charge is -2.06. The Morgan fingerprint density at radius 3 is 2.75 bits per heavy atom. The van der Waals surface area contributed by atoms with Gasteiger partial charge in [0.15, 0.2) is 0 Å². The van der Waals surface area contributed by atoms with E-state index in [0.717, 1.165) is 4.88 Å². The van der Waals surface area contributed by atoms with Crippen LogP contribution in [0.5, 0.6) is 0 Å². The first-order chi connectivity index (χ1) is 9.43. The quantitative estimate of drug-likeness (QED) is 0.884. The molecule has 0 aromatic carbocycles. The number of ether oxygens (including phenoxy) is 1. The maximum atomic E-state index is 12.2. The minimum atomic E-state index is -0.499. The van der Waals surface area contributed by atoms with E-state index >= 15 is 0 Å². The van der Waals surface area contributed by atoms with Crippen LogP contribution < -0.4 is 5.32 Å². The van der Waals surface area contributed by atoms with Gasteiger partial charge in [-0.3, -0.25) is 9.48 Å². The normalized spacial score (nSPS) is 10.4. The van der Waals surface area contributed by atoms with E-state index in [2.05, 4.69) is 15.2 Å². The molecule has 2 heterocycles. The molecule has 0 aliphatic rings. The molecule has 2 aromatic heterocycles. The van der Waals surface area contributed by atoms with E-state index in [1.807, 2.05) is 6.92 Å². The summed E-state index contributed by atoms with van der Waals surface area (Å²) in [5.41, 5.74) is 0.551. The molecule has 1 amide bonds. The number of anilines is 1. The van der Waals surface area contributed by atoms with Gasteiger partial charge in [0.2, 0.25) is 0 Å². The number of carbonyl (C=O) groups excluding carboxylic acids is 2. The molecule has 0 aliphatic heterocycles. The Labute approximate surface area is 124 Å². The van der Waals surface area contributed by atoms with E-state index in [0.29, 0.717) is 10.6 Å². The largest absolute Gasteiger partial charge is 0.465 e. The van der Waals surface area contributed by atoms with Gasteiger partial charge in [-0.1, -0.05) is 11.6 Å². The number of nitrogens with one attached hydrogen (secondary N) is 1. The number of hydrogen-bond acceptors (Lipinski definition) is 5. The average molecular weight is 314 g/mol. The third-order valence-corrected chi connectivity index (χ3v) is 3.84. The number of aryl methyl sites for hydroxylation is 2. The molecule has 106 valence electrons. The molecular formula is C12H12ClN3O3S. The minimum absolute atomic E-state index is 0.230. The summed E-state index contributed by atoms with van der Waals surface area (Å²) in [6.45, 7) is 1.84. The first-order valence-electron chi connectivity index (χ1n) is 5.61. The van der Waals surface area contributed by atoms with Gasteiger partial charge in [-0.15, -0.1) is 11.3 Å². The van der Waals surface area contributed by atoms with Crippen molar-refractivity contribution in [2.45, 2.75) is 6.92 Å². The van der Waals surface area contributed by atoms with Crippen molar-refractivity contribution in [1.82, 2.24) is 9.78 Å². The number of carbonyl (C=O) groups is 2. The van der Waals surface area contributed by atoms with Crippen LogP contribution in [-0.2, 0) is 11.8 Å². The number of methoxy groups -OCH3 is 1. The van der Waals surface area contributed by atoms with E-state index < -0.39 is 11.9 Å². The van der Waals surface area contributed by atoms with Gasteiger partial charge in [-0.25, -0.2) is 4.79 Å². The Morgan fingerprint density at radius 1 is 1.50 bits per heavy atom. The first-order valence-corrected chi connectivity index (χ1v) is 6.81. The number of amides is 1. The number of thiophene rings is 1. The van der Waals surface area contributed by atoms with Gasteiger partial charge in [0.05, 0.1) is 23.9 Å². The van der Waals surface area contributed by atoms with Crippen LogP contribution in [0, 0.1) is 6.92 Å². The lowest BCUT2D eigenvalue weighted by atomic mass is 10.3. The summed E-state index contributed by atoms with van der Waals surface area (Å²) in [5, 5.41) is 7.23. The van der Waals surface area contributed by atoms with Gasteiger partial charge in [0.25, 0.3) is 5.91 Å². The standard InChI is InChI=1S/C12H12ClN3O3S/c1-6-4-7(12(18)19-3)11(20-6)15-10(17)9-8(13)5-14-16(9)2/h4-5H,1-3H3,(H,15,17). The van der Waals surface area contributed by atoms with Crippen LogP contribution in [0.1, 0.15) is 25.7 Å². The van der Waals surface area contributed by atoms with Crippen molar-refractivity contribution in [2.75, 3.05) is 12.4 Å². The highest BCUT2D eigenvalue weighted by molar-refractivity contribution is 7.16. The molecule has 0 saturated heterocycles. The minimum Gasteiger partial charge on any atom is -0.465 e. The van der Waals surface area contributed by atoms with Crippen LogP contribution in [0.2, 0.25) is 5.02 Å². The Kier molecular flexibility index (Phi) is 4.10. The predicted octanol–water partition coefficient (Wildman–Crippen LogP) is 2.48. The summed E-state index contributed by atoms with van der Waals surface area (Å²) < 4.78 is 6.05. The molecule has 0 aliphatic carbocycles. The summed E-state index contributed by atoms with van der Waals surface area (Å²) in [6.07, 6.45) is 1.39. The van der Waals surface area contributed by atoms with E-state index in [-0.39, 0.29) is 10.7 Å². The number of aromatic nitrogens is 2. The van der Waals surface area contributed by atoms with E-state index in [1.54, 1.807) is 13.1 Å². The van der Waals surface area contributed by atoms with Crippen LogP contribution >= 0.6 is 22.9 Å². The Hall–Kier alpha value is -1.86. The summed E-state index contributed by atoms with van der Waals surface area (Å²) in [4.78, 5) is 24.7. The molecule has 0 spiro atoms. The highest BCUT2D eigenvalue weighted by Crippen LogP contribution is 2.29. The summed E-state index contributed by atoms with van der Waals surface area (Å²) >= 11 is 7.20. The van der Waals surface area contributed by atoms with Gasteiger partial charge in [0, 0.05) is 11.9 Å². The molecular weight excluding hydrogens is 302 g/mol. The van der Waals surface area contributed by atoms with Crippen LogP contribution in [0.4, 0.5) is 5.00 Å². The van der Waals surface area contributed by atoms with Crippen molar-refractivity contribution in [3.63, 3.8) is 0 Å². The SMILES string of the molecule is COC(=O)c1cc(C)sc1NC(=O)c1c(Cl)cnn1C. The summed E-state index contributed by atoms with van der Waals surface area (Å²) in [6, 6.07) is 1.66. The zero-order valence-corrected chi connectivity index (χ0v) is 12.6. The lowest BCUT2D eigenvalue weighted by Crippen LogP contribution is -2.17. The van der Waals surface area contributed by atoms with Crippen LogP contribution in [-0.4, -0.2) is 28.8 Å². The van der Waals surface area contributed by atoms with Crippen LogP contribution in [0.25, 0.3) is 0 Å². The Morgan fingerprint density at radius 2 is 2.20 bits per heavy atom. The fourth-order valence-electron chi connectivity index (χ4n) is 1.70. The molecule has 0 unspecified atom stereocenters. The van der Waals surface area contributed by atoms with Gasteiger partial charge in [0.1, 0.15) is 10.7 Å². The molecule has 0 radical (unpaired) electrons. The fourth-order valence-corrected chi connectivity index (χ4v) is 2.84. The van der Waals surface area contributed by atoms with Crippen molar-refractivity contribution in [2.24, 2.45) is 7.05 Å². The Bertz CT molecular complexity index is 658. The number of nitrogens with zero attached hydrogens (tertiary/aromatic N) is 2. The molecule has 0 atom stereocenters. The predicted molar refractivity (Wildman–Crippen MR) is 76.6 cm³/mol. The van der Waals surface area contributed by atoms with Gasteiger partial charge < -0.3 is 10.1 Å². The molecule has 0 fully saturated rings. The highest BCUT2D eigenvalue weighted by Gasteiger charge is 2.21. The second kappa shape index (κ2) is 5.64. The third kappa shape index (κ3) is 2.68. The third-order valence-electron chi connectivity index (χ3n) is 2.60. The van der Waals surface area contributed by atoms with E-state index in [9.17, 15) is 9.59 Å². The van der Waals surface area contributed by atoms with Crippen molar-refractivity contribution < 1.29 is 14.3 Å². The molecule has 2 rings (SSSR count). The highest BCUT2D eigenvalue weighted by atomic mass is 35.5. The van der Waals surface area contributed by atoms with E-state index in [1.165, 1.54) is 29.3 Å². The molecule has 6 nitrogen and oxygen atoms in total. The summed E-state index contributed by atoms with van der Waals surface area (Å²) in [5.74, 6) is -0.928. The molecule has 0 bridgehead atoms. The average Bonchev–Trinajstić information content (AvgIpc) is 2.91. The van der Waals surface area contributed by atoms with Gasteiger partial charge in [-0.2, -0.15) is 5.10 Å². The van der Waals surface area contributed by atoms with Crippen LogP contribution in [0.15, 0.2) is 12.3 Å². The Balaban J connectivity index is 2.31. The number of esters is 1. The van der Waals surface area contributed by atoms with Crippen molar-refractivity contribution in [3.8, 4) is 0 Å². The van der Waals surface area contributed by atoms with Crippen LogP contribution in [0.3, 0.4) is 0 Å². The summed E-state index contributed by atoms with van der Waals surface area (Å²) in [7, 11) is 2.90. The van der Waals surface area contributed by atoms with Crippen molar-refractivity contribution in [3.05, 3.63) is 33.4 Å². The number of halogens is 1. The zero-order chi connectivity index (χ0) is 14.9. The van der Waals surface area contributed by atoms with Crippen molar-refractivity contribution in [1.29, 1.82) is 0 Å². The molecule has 20 heavy (non-hydrogen) atoms. The topological polar surface area (TPSA) is 73.2 Å². The lowest BCUT2D eigenvalue weighted by molar-refractivity contribution is 0.0602. The van der Waals surface area contributed by atoms with E-state index in [4.69, 9.17) is 11.6 Å². The second-order valence-electron chi connectivity index (χ2n) is 4.01. The first kappa shape index (κ1) is 14.5. The fraction of sp³-hybridized carbons (Fsp3) is 0.250. The maximum Gasteiger partial charge on any atom is 0.340 e. The van der Waals surface area contributed by atoms with Gasteiger partial charge in [-0.05, 0) is 13.0 Å². The molecule has 8 heteroatoms. The van der Waals surface area contributed by atoms with Crippen molar-refractivity contribution >= 4 is 39.8 Å². The van der Waals surface area contributed by atoms with Gasteiger partial charge >= 0.3 is 5.97 Å². The second-order valence-corrected chi connectivity index (χ2v) is 5.67. The maximum absolute atomic E-state index is 12.2. The number of hydrogen-bond donors (Lipinski definition) is 1.